The minimum atomic E-state index is 0.215. The third kappa shape index (κ3) is 4.09. The standard InChI is InChI=1S/C18H27NO/c1-3-4-8-15-10-12-16(13-11-15)18(20)19-17-9-6-5-7-14(17)2/h5-7,9,15-16H,3-4,8,10-13H2,1-2H3,(H,19,20). The van der Waals surface area contributed by atoms with Crippen molar-refractivity contribution in [3.05, 3.63) is 29.8 Å². The van der Waals surface area contributed by atoms with Gasteiger partial charge in [-0.15, -0.1) is 0 Å². The molecule has 1 amide bonds. The fourth-order valence-corrected chi connectivity index (χ4v) is 3.15. The zero-order valence-electron chi connectivity index (χ0n) is 12.8. The van der Waals surface area contributed by atoms with Crippen molar-refractivity contribution in [3.8, 4) is 0 Å². The molecule has 1 aromatic carbocycles. The number of anilines is 1. The molecule has 20 heavy (non-hydrogen) atoms. The van der Waals surface area contributed by atoms with Gasteiger partial charge in [0.15, 0.2) is 0 Å². The number of aryl methyl sites for hydroxylation is 1. The van der Waals surface area contributed by atoms with E-state index in [1.54, 1.807) is 0 Å². The molecule has 0 aliphatic heterocycles. The van der Waals surface area contributed by atoms with Crippen molar-refractivity contribution in [1.29, 1.82) is 0 Å². The predicted octanol–water partition coefficient (Wildman–Crippen LogP) is 4.93. The summed E-state index contributed by atoms with van der Waals surface area (Å²) < 4.78 is 0. The van der Waals surface area contributed by atoms with Crippen molar-refractivity contribution in [2.24, 2.45) is 11.8 Å². The molecule has 0 spiro atoms. The van der Waals surface area contributed by atoms with Crippen molar-refractivity contribution in [2.45, 2.75) is 58.8 Å². The molecule has 0 bridgehead atoms. The van der Waals surface area contributed by atoms with Crippen LogP contribution in [0.5, 0.6) is 0 Å². The lowest BCUT2D eigenvalue weighted by atomic mass is 9.79. The van der Waals surface area contributed by atoms with Crippen molar-refractivity contribution in [3.63, 3.8) is 0 Å². The molecule has 1 aliphatic carbocycles. The number of carbonyl (C=O) groups excluding carboxylic acids is 1. The molecule has 0 radical (unpaired) electrons. The van der Waals surface area contributed by atoms with Gasteiger partial charge in [0.2, 0.25) is 5.91 Å². The van der Waals surface area contributed by atoms with Gasteiger partial charge < -0.3 is 5.32 Å². The van der Waals surface area contributed by atoms with E-state index in [1.165, 1.54) is 32.1 Å². The van der Waals surface area contributed by atoms with Gasteiger partial charge >= 0.3 is 0 Å². The summed E-state index contributed by atoms with van der Waals surface area (Å²) in [7, 11) is 0. The largest absolute Gasteiger partial charge is 0.326 e. The van der Waals surface area contributed by atoms with Crippen molar-refractivity contribution in [2.75, 3.05) is 5.32 Å². The Hall–Kier alpha value is -1.31. The first-order chi connectivity index (χ1) is 9.70. The second-order valence-corrected chi connectivity index (χ2v) is 6.16. The average molecular weight is 273 g/mol. The number of hydrogen-bond donors (Lipinski definition) is 1. The highest BCUT2D eigenvalue weighted by Gasteiger charge is 2.26. The summed E-state index contributed by atoms with van der Waals surface area (Å²) >= 11 is 0. The summed E-state index contributed by atoms with van der Waals surface area (Å²) in [6.07, 6.45) is 8.55. The van der Waals surface area contributed by atoms with Crippen LogP contribution < -0.4 is 5.32 Å². The minimum absolute atomic E-state index is 0.215. The van der Waals surface area contributed by atoms with Crippen LogP contribution in [0.1, 0.15) is 57.4 Å². The predicted molar refractivity (Wildman–Crippen MR) is 84.8 cm³/mol. The summed E-state index contributed by atoms with van der Waals surface area (Å²) in [6.45, 7) is 4.29. The Balaban J connectivity index is 1.82. The zero-order chi connectivity index (χ0) is 14.4. The van der Waals surface area contributed by atoms with E-state index in [0.717, 1.165) is 30.0 Å². The number of unbranched alkanes of at least 4 members (excludes halogenated alkanes) is 1. The van der Waals surface area contributed by atoms with E-state index in [-0.39, 0.29) is 11.8 Å². The number of rotatable bonds is 5. The van der Waals surface area contributed by atoms with E-state index in [4.69, 9.17) is 0 Å². The van der Waals surface area contributed by atoms with Gasteiger partial charge in [-0.25, -0.2) is 0 Å². The Kier molecular flexibility index (Phi) is 5.63. The van der Waals surface area contributed by atoms with E-state index >= 15 is 0 Å². The van der Waals surface area contributed by atoms with Crippen LogP contribution >= 0.6 is 0 Å². The topological polar surface area (TPSA) is 29.1 Å². The lowest BCUT2D eigenvalue weighted by Gasteiger charge is -2.27. The first-order valence-electron chi connectivity index (χ1n) is 8.07. The number of benzene rings is 1. The Morgan fingerprint density at radius 3 is 2.55 bits per heavy atom. The molecule has 0 heterocycles. The quantitative estimate of drug-likeness (QED) is 0.809. The van der Waals surface area contributed by atoms with Crippen LogP contribution in [-0.4, -0.2) is 5.91 Å². The lowest BCUT2D eigenvalue weighted by Crippen LogP contribution is -2.27. The molecule has 110 valence electrons. The number of amides is 1. The van der Waals surface area contributed by atoms with Crippen LogP contribution in [-0.2, 0) is 4.79 Å². The lowest BCUT2D eigenvalue weighted by molar-refractivity contribution is -0.121. The van der Waals surface area contributed by atoms with Crippen LogP contribution in [0.25, 0.3) is 0 Å². The van der Waals surface area contributed by atoms with Crippen LogP contribution in [0.15, 0.2) is 24.3 Å². The SMILES string of the molecule is CCCCC1CCC(C(=O)Nc2ccccc2C)CC1. The highest BCUT2D eigenvalue weighted by Crippen LogP contribution is 2.32. The minimum Gasteiger partial charge on any atom is -0.326 e. The molecule has 0 saturated heterocycles. The number of carbonyl (C=O) groups is 1. The molecule has 2 nitrogen and oxygen atoms in total. The van der Waals surface area contributed by atoms with Gasteiger partial charge in [-0.2, -0.15) is 0 Å². The first kappa shape index (κ1) is 15.1. The number of hydrogen-bond acceptors (Lipinski definition) is 1. The summed E-state index contributed by atoms with van der Waals surface area (Å²) in [5.41, 5.74) is 2.10. The van der Waals surface area contributed by atoms with Gasteiger partial charge in [-0.3, -0.25) is 4.79 Å². The van der Waals surface area contributed by atoms with Crippen molar-refractivity contribution in [1.82, 2.24) is 0 Å². The highest BCUT2D eigenvalue weighted by atomic mass is 16.1. The van der Waals surface area contributed by atoms with E-state index in [1.807, 2.05) is 31.2 Å². The summed E-state index contributed by atoms with van der Waals surface area (Å²) in [6, 6.07) is 8.01. The molecule has 0 unspecified atom stereocenters. The third-order valence-electron chi connectivity index (χ3n) is 4.59. The van der Waals surface area contributed by atoms with Crippen LogP contribution in [0, 0.1) is 18.8 Å². The molecule has 1 N–H and O–H groups in total. The van der Waals surface area contributed by atoms with Gasteiger partial charge in [-0.05, 0) is 50.2 Å². The molecule has 2 heteroatoms. The highest BCUT2D eigenvalue weighted by molar-refractivity contribution is 5.93. The average Bonchev–Trinajstić information content (AvgIpc) is 2.48. The van der Waals surface area contributed by atoms with Crippen LogP contribution in [0.2, 0.25) is 0 Å². The van der Waals surface area contributed by atoms with Crippen LogP contribution in [0.4, 0.5) is 5.69 Å². The molecule has 0 atom stereocenters. The maximum absolute atomic E-state index is 12.3. The molecule has 1 aliphatic rings. The Labute approximate surface area is 123 Å². The van der Waals surface area contributed by atoms with Crippen molar-refractivity contribution < 1.29 is 4.79 Å². The van der Waals surface area contributed by atoms with Crippen LogP contribution in [0.3, 0.4) is 0 Å². The molecular formula is C18H27NO. The summed E-state index contributed by atoms with van der Waals surface area (Å²) in [5, 5.41) is 3.10. The van der Waals surface area contributed by atoms with E-state index in [2.05, 4.69) is 12.2 Å². The van der Waals surface area contributed by atoms with E-state index in [9.17, 15) is 4.79 Å². The zero-order valence-corrected chi connectivity index (χ0v) is 12.8. The Bertz CT molecular complexity index is 433. The third-order valence-corrected chi connectivity index (χ3v) is 4.59. The Morgan fingerprint density at radius 1 is 1.20 bits per heavy atom. The first-order valence-corrected chi connectivity index (χ1v) is 8.07. The smallest absolute Gasteiger partial charge is 0.227 e. The number of para-hydroxylation sites is 1. The van der Waals surface area contributed by atoms with Gasteiger partial charge in [0.1, 0.15) is 0 Å². The second kappa shape index (κ2) is 7.47. The van der Waals surface area contributed by atoms with Crippen molar-refractivity contribution >= 4 is 11.6 Å². The molecule has 0 aromatic heterocycles. The Morgan fingerprint density at radius 2 is 1.90 bits per heavy atom. The fourth-order valence-electron chi connectivity index (χ4n) is 3.15. The maximum atomic E-state index is 12.3. The molecule has 1 fully saturated rings. The van der Waals surface area contributed by atoms with E-state index < -0.39 is 0 Å². The monoisotopic (exact) mass is 273 g/mol. The molecule has 1 saturated carbocycles. The molecule has 1 aromatic rings. The fraction of sp³-hybridized carbons (Fsp3) is 0.611. The molecular weight excluding hydrogens is 246 g/mol. The summed E-state index contributed by atoms with van der Waals surface area (Å²) in [4.78, 5) is 12.3. The normalized spacial score (nSPS) is 22.5. The van der Waals surface area contributed by atoms with Gasteiger partial charge in [0, 0.05) is 11.6 Å². The number of nitrogens with one attached hydrogen (secondary N) is 1. The van der Waals surface area contributed by atoms with Gasteiger partial charge in [0.05, 0.1) is 0 Å². The maximum Gasteiger partial charge on any atom is 0.227 e. The van der Waals surface area contributed by atoms with Gasteiger partial charge in [-0.1, -0.05) is 44.4 Å². The van der Waals surface area contributed by atoms with Gasteiger partial charge in [0.25, 0.3) is 0 Å². The summed E-state index contributed by atoms with van der Waals surface area (Å²) in [5.74, 6) is 1.29. The second-order valence-electron chi connectivity index (χ2n) is 6.16. The molecule has 2 rings (SSSR count). The van der Waals surface area contributed by atoms with E-state index in [0.29, 0.717) is 0 Å².